The van der Waals surface area contributed by atoms with Gasteiger partial charge in [-0.1, -0.05) is 0 Å². The Morgan fingerprint density at radius 2 is 1.81 bits per heavy atom. The molecule has 0 aliphatic carbocycles. The Morgan fingerprint density at radius 1 is 1.31 bits per heavy atom. The van der Waals surface area contributed by atoms with Crippen LogP contribution in [0.2, 0.25) is 0 Å². The van der Waals surface area contributed by atoms with Gasteiger partial charge in [-0.3, -0.25) is 0 Å². The Bertz CT molecular complexity index is 325. The minimum absolute atomic E-state index is 0.189. The van der Waals surface area contributed by atoms with Gasteiger partial charge in [0.1, 0.15) is 0 Å². The Morgan fingerprint density at radius 3 is 2.19 bits per heavy atom. The summed E-state index contributed by atoms with van der Waals surface area (Å²) in [5.41, 5.74) is -0.746. The molecule has 1 aliphatic rings. The lowest BCUT2D eigenvalue weighted by molar-refractivity contribution is 0.0220. The molecule has 0 spiro atoms. The lowest BCUT2D eigenvalue weighted by Gasteiger charge is -2.38. The number of nitrogens with one attached hydrogen (secondary N) is 1. The molecule has 1 aliphatic heterocycles. The molecule has 1 rings (SSSR count). The van der Waals surface area contributed by atoms with E-state index in [0.717, 1.165) is 0 Å². The molecule has 16 heavy (non-hydrogen) atoms. The van der Waals surface area contributed by atoms with Crippen LogP contribution in [0, 0.1) is 0 Å². The molecular weight excluding hydrogens is 230 g/mol. The lowest BCUT2D eigenvalue weighted by Crippen LogP contribution is -2.57. The van der Waals surface area contributed by atoms with E-state index >= 15 is 0 Å². The molecule has 1 fully saturated rings. The highest BCUT2D eigenvalue weighted by molar-refractivity contribution is 7.90. The zero-order valence-corrected chi connectivity index (χ0v) is 10.9. The molecule has 0 unspecified atom stereocenters. The monoisotopic (exact) mass is 251 g/mol. The van der Waals surface area contributed by atoms with E-state index < -0.39 is 20.3 Å². The molecule has 0 amide bonds. The molecule has 6 heteroatoms. The van der Waals surface area contributed by atoms with Crippen molar-refractivity contribution in [2.24, 2.45) is 0 Å². The number of rotatable bonds is 3. The van der Waals surface area contributed by atoms with Crippen molar-refractivity contribution in [3.8, 4) is 0 Å². The topological polar surface area (TPSA) is 75.6 Å². The second-order valence-corrected chi connectivity index (χ2v) is 7.70. The van der Waals surface area contributed by atoms with Crippen LogP contribution in [0.25, 0.3) is 0 Å². The third-order valence-electron chi connectivity index (χ3n) is 2.91. The van der Waals surface area contributed by atoms with Gasteiger partial charge < -0.3 is 9.84 Å². The summed E-state index contributed by atoms with van der Waals surface area (Å²) in [6, 6.07) is 0. The summed E-state index contributed by atoms with van der Waals surface area (Å²) in [7, 11) is -3.43. The van der Waals surface area contributed by atoms with Crippen molar-refractivity contribution >= 4 is 10.0 Å². The molecule has 0 aromatic carbocycles. The summed E-state index contributed by atoms with van der Waals surface area (Å²) >= 11 is 0. The molecule has 96 valence electrons. The number of ether oxygens (including phenoxy) is 1. The highest BCUT2D eigenvalue weighted by atomic mass is 32.2. The maximum atomic E-state index is 12.0. The Hall–Kier alpha value is -0.170. The van der Waals surface area contributed by atoms with E-state index in [9.17, 15) is 13.5 Å². The maximum Gasteiger partial charge on any atom is 0.217 e. The Balaban J connectivity index is 2.85. The van der Waals surface area contributed by atoms with Gasteiger partial charge >= 0.3 is 0 Å². The van der Waals surface area contributed by atoms with Crippen molar-refractivity contribution in [2.45, 2.75) is 43.9 Å². The molecular formula is C10H21NO4S. The second kappa shape index (κ2) is 4.60. The van der Waals surface area contributed by atoms with Crippen molar-refractivity contribution in [2.75, 3.05) is 19.8 Å². The van der Waals surface area contributed by atoms with Gasteiger partial charge in [0.05, 0.1) is 16.9 Å². The Kier molecular flexibility index (Phi) is 3.99. The zero-order valence-electron chi connectivity index (χ0n) is 10.1. The lowest BCUT2D eigenvalue weighted by atomic mass is 9.93. The van der Waals surface area contributed by atoms with Gasteiger partial charge in [0, 0.05) is 13.2 Å². The molecule has 0 radical (unpaired) electrons. The average Bonchev–Trinajstić information content (AvgIpc) is 2.17. The van der Waals surface area contributed by atoms with E-state index in [1.807, 2.05) is 0 Å². The van der Waals surface area contributed by atoms with E-state index in [-0.39, 0.29) is 6.61 Å². The first-order valence-corrected chi connectivity index (χ1v) is 6.93. The maximum absolute atomic E-state index is 12.0. The fourth-order valence-corrected chi connectivity index (χ4v) is 2.64. The first kappa shape index (κ1) is 13.9. The molecule has 0 aromatic heterocycles. The standard InChI is InChI=1S/C10H21NO4S/c1-9(2,3)16(13,14)11-10(8-12)4-6-15-7-5-10/h11-12H,4-8H2,1-3H3. The Labute approximate surface area is 97.2 Å². The van der Waals surface area contributed by atoms with Gasteiger partial charge in [0.25, 0.3) is 0 Å². The summed E-state index contributed by atoms with van der Waals surface area (Å²) < 4.78 is 31.0. The van der Waals surface area contributed by atoms with E-state index in [4.69, 9.17) is 4.74 Å². The van der Waals surface area contributed by atoms with E-state index in [1.54, 1.807) is 20.8 Å². The van der Waals surface area contributed by atoms with Crippen LogP contribution >= 0.6 is 0 Å². The van der Waals surface area contributed by atoms with Crippen LogP contribution in [0.1, 0.15) is 33.6 Å². The number of hydrogen-bond donors (Lipinski definition) is 2. The predicted molar refractivity (Wildman–Crippen MR) is 61.7 cm³/mol. The molecule has 0 aromatic rings. The van der Waals surface area contributed by atoms with Gasteiger partial charge in [-0.2, -0.15) is 0 Å². The molecule has 0 saturated carbocycles. The van der Waals surface area contributed by atoms with Crippen LogP contribution < -0.4 is 4.72 Å². The van der Waals surface area contributed by atoms with E-state index in [2.05, 4.69) is 4.72 Å². The first-order valence-electron chi connectivity index (χ1n) is 5.45. The molecule has 0 atom stereocenters. The molecule has 2 N–H and O–H groups in total. The summed E-state index contributed by atoms with van der Waals surface area (Å²) in [5, 5.41) is 9.39. The van der Waals surface area contributed by atoms with Crippen molar-refractivity contribution in [3.05, 3.63) is 0 Å². The minimum atomic E-state index is -3.43. The van der Waals surface area contributed by atoms with Gasteiger partial charge in [-0.05, 0) is 33.6 Å². The zero-order chi connectivity index (χ0) is 12.4. The highest BCUT2D eigenvalue weighted by Gasteiger charge is 2.40. The van der Waals surface area contributed by atoms with Gasteiger partial charge in [0.2, 0.25) is 10.0 Å². The van der Waals surface area contributed by atoms with E-state index in [0.29, 0.717) is 26.1 Å². The number of hydrogen-bond acceptors (Lipinski definition) is 4. The molecule has 1 saturated heterocycles. The fraction of sp³-hybridized carbons (Fsp3) is 1.00. The average molecular weight is 251 g/mol. The SMILES string of the molecule is CC(C)(C)S(=O)(=O)NC1(CO)CCOCC1. The minimum Gasteiger partial charge on any atom is -0.394 e. The van der Waals surface area contributed by atoms with Crippen molar-refractivity contribution in [1.82, 2.24) is 4.72 Å². The van der Waals surface area contributed by atoms with Gasteiger partial charge in [-0.25, -0.2) is 13.1 Å². The first-order chi connectivity index (χ1) is 7.22. The quantitative estimate of drug-likeness (QED) is 0.753. The second-order valence-electron chi connectivity index (χ2n) is 5.27. The number of aliphatic hydroxyl groups excluding tert-OH is 1. The third kappa shape index (κ3) is 2.94. The molecule has 1 heterocycles. The number of aliphatic hydroxyl groups is 1. The summed E-state index contributed by atoms with van der Waals surface area (Å²) in [6.07, 6.45) is 1.03. The number of sulfonamides is 1. The predicted octanol–water partition coefficient (Wildman–Crippen LogP) is 0.246. The smallest absolute Gasteiger partial charge is 0.217 e. The summed E-state index contributed by atoms with van der Waals surface area (Å²) in [4.78, 5) is 0. The van der Waals surface area contributed by atoms with Crippen molar-refractivity contribution in [3.63, 3.8) is 0 Å². The van der Waals surface area contributed by atoms with Crippen molar-refractivity contribution < 1.29 is 18.3 Å². The van der Waals surface area contributed by atoms with Crippen LogP contribution in [0.5, 0.6) is 0 Å². The van der Waals surface area contributed by atoms with Gasteiger partial charge in [-0.15, -0.1) is 0 Å². The summed E-state index contributed by atoms with van der Waals surface area (Å²) in [6.45, 7) is 5.69. The highest BCUT2D eigenvalue weighted by Crippen LogP contribution is 2.24. The summed E-state index contributed by atoms with van der Waals surface area (Å²) in [5.74, 6) is 0. The normalized spacial score (nSPS) is 22.0. The van der Waals surface area contributed by atoms with Gasteiger partial charge in [0.15, 0.2) is 0 Å². The fourth-order valence-electron chi connectivity index (χ4n) is 1.49. The van der Waals surface area contributed by atoms with Crippen molar-refractivity contribution in [1.29, 1.82) is 0 Å². The van der Waals surface area contributed by atoms with Crippen LogP contribution in [0.15, 0.2) is 0 Å². The largest absolute Gasteiger partial charge is 0.394 e. The van der Waals surface area contributed by atoms with Crippen LogP contribution in [0.4, 0.5) is 0 Å². The molecule has 0 bridgehead atoms. The third-order valence-corrected chi connectivity index (χ3v) is 5.22. The van der Waals surface area contributed by atoms with E-state index in [1.165, 1.54) is 0 Å². The van der Waals surface area contributed by atoms with Crippen LogP contribution in [0.3, 0.4) is 0 Å². The van der Waals surface area contributed by atoms with Crippen LogP contribution in [-0.4, -0.2) is 43.6 Å². The molecule has 5 nitrogen and oxygen atoms in total. The van der Waals surface area contributed by atoms with Crippen LogP contribution in [-0.2, 0) is 14.8 Å².